The van der Waals surface area contributed by atoms with Gasteiger partial charge in [-0.05, 0) is 68.7 Å². The van der Waals surface area contributed by atoms with E-state index in [0.29, 0.717) is 5.69 Å². The zero-order valence-electron chi connectivity index (χ0n) is 13.4. The number of benzene rings is 2. The maximum Gasteiger partial charge on any atom is 0.265 e. The number of ether oxygens (including phenoxy) is 1. The molecule has 116 valence electrons. The van der Waals surface area contributed by atoms with Gasteiger partial charge in [-0.25, -0.2) is 0 Å². The summed E-state index contributed by atoms with van der Waals surface area (Å²) in [6.07, 6.45) is -0.586. The van der Waals surface area contributed by atoms with Crippen molar-refractivity contribution in [3.63, 3.8) is 0 Å². The fraction of sp³-hybridized carbons (Fsp3) is 0.278. The van der Waals surface area contributed by atoms with Crippen molar-refractivity contribution in [3.05, 3.63) is 53.1 Å². The molecule has 0 aliphatic heterocycles. The lowest BCUT2D eigenvalue weighted by atomic mass is 10.1. The highest BCUT2D eigenvalue weighted by atomic mass is 16.5. The molecule has 0 aliphatic carbocycles. The van der Waals surface area contributed by atoms with Gasteiger partial charge in [-0.1, -0.05) is 12.1 Å². The Morgan fingerprint density at radius 2 is 1.82 bits per heavy atom. The number of rotatable bonds is 4. The van der Waals surface area contributed by atoms with Crippen molar-refractivity contribution in [2.45, 2.75) is 33.8 Å². The van der Waals surface area contributed by atoms with Crippen LogP contribution in [0.5, 0.6) is 5.75 Å². The quantitative estimate of drug-likeness (QED) is 0.848. The Balaban J connectivity index is 2.07. The molecule has 0 radical (unpaired) electrons. The third kappa shape index (κ3) is 3.79. The highest BCUT2D eigenvalue weighted by molar-refractivity contribution is 5.95. The molecular weight excluding hydrogens is 276 g/mol. The summed E-state index contributed by atoms with van der Waals surface area (Å²) in [5, 5.41) is 2.87. The van der Waals surface area contributed by atoms with E-state index in [1.54, 1.807) is 19.1 Å². The van der Waals surface area contributed by atoms with Crippen molar-refractivity contribution < 1.29 is 9.53 Å². The lowest BCUT2D eigenvalue weighted by Crippen LogP contribution is -2.30. The standard InChI is InChI=1S/C18H22N2O2/c1-11-5-6-12(2)17(9-11)22-14(4)18(21)20-16-8-7-15(19)10-13(16)3/h5-10,14H,19H2,1-4H3,(H,20,21). The maximum absolute atomic E-state index is 12.3. The number of hydrogen-bond donors (Lipinski definition) is 2. The molecule has 0 aromatic heterocycles. The normalized spacial score (nSPS) is 11.8. The third-order valence-corrected chi connectivity index (χ3v) is 3.52. The van der Waals surface area contributed by atoms with Gasteiger partial charge in [0.15, 0.2) is 6.10 Å². The minimum Gasteiger partial charge on any atom is -0.481 e. The number of nitrogens with one attached hydrogen (secondary N) is 1. The Hall–Kier alpha value is -2.49. The lowest BCUT2D eigenvalue weighted by Gasteiger charge is -2.17. The summed E-state index contributed by atoms with van der Waals surface area (Å²) in [5.41, 5.74) is 10.2. The van der Waals surface area contributed by atoms with Crippen LogP contribution >= 0.6 is 0 Å². The van der Waals surface area contributed by atoms with Gasteiger partial charge in [0.1, 0.15) is 5.75 Å². The van der Waals surface area contributed by atoms with E-state index in [-0.39, 0.29) is 5.91 Å². The highest BCUT2D eigenvalue weighted by Crippen LogP contribution is 2.22. The Morgan fingerprint density at radius 3 is 2.50 bits per heavy atom. The summed E-state index contributed by atoms with van der Waals surface area (Å²) in [5.74, 6) is 0.547. The van der Waals surface area contributed by atoms with E-state index >= 15 is 0 Å². The molecule has 1 unspecified atom stereocenters. The summed E-state index contributed by atoms with van der Waals surface area (Å²) in [7, 11) is 0. The first-order valence-electron chi connectivity index (χ1n) is 7.27. The number of aryl methyl sites for hydroxylation is 3. The molecular formula is C18H22N2O2. The van der Waals surface area contributed by atoms with E-state index in [2.05, 4.69) is 5.32 Å². The van der Waals surface area contributed by atoms with Gasteiger partial charge in [-0.15, -0.1) is 0 Å². The molecule has 0 bridgehead atoms. The van der Waals surface area contributed by atoms with Crippen LogP contribution in [0.1, 0.15) is 23.6 Å². The predicted molar refractivity (Wildman–Crippen MR) is 90.2 cm³/mol. The van der Waals surface area contributed by atoms with Crippen LogP contribution in [0.15, 0.2) is 36.4 Å². The summed E-state index contributed by atoms with van der Waals surface area (Å²) in [4.78, 5) is 12.3. The van der Waals surface area contributed by atoms with Gasteiger partial charge in [0.2, 0.25) is 0 Å². The molecule has 2 aromatic carbocycles. The fourth-order valence-electron chi connectivity index (χ4n) is 2.14. The largest absolute Gasteiger partial charge is 0.481 e. The van der Waals surface area contributed by atoms with Crippen LogP contribution in [0.4, 0.5) is 11.4 Å². The van der Waals surface area contributed by atoms with E-state index in [4.69, 9.17) is 10.5 Å². The molecule has 1 amide bonds. The molecule has 2 rings (SSSR count). The second-order valence-electron chi connectivity index (χ2n) is 5.59. The molecule has 0 saturated heterocycles. The smallest absolute Gasteiger partial charge is 0.265 e. The first kappa shape index (κ1) is 15.9. The summed E-state index contributed by atoms with van der Waals surface area (Å²) < 4.78 is 5.79. The van der Waals surface area contributed by atoms with Crippen molar-refractivity contribution >= 4 is 17.3 Å². The topological polar surface area (TPSA) is 64.3 Å². The Morgan fingerprint density at radius 1 is 1.09 bits per heavy atom. The predicted octanol–water partition coefficient (Wildman–Crippen LogP) is 3.60. The number of nitrogens with two attached hydrogens (primary N) is 1. The van der Waals surface area contributed by atoms with Crippen LogP contribution < -0.4 is 15.8 Å². The number of nitrogen functional groups attached to an aromatic ring is 1. The van der Waals surface area contributed by atoms with Gasteiger partial charge in [-0.2, -0.15) is 0 Å². The Kier molecular flexibility index (Phi) is 4.71. The monoisotopic (exact) mass is 298 g/mol. The third-order valence-electron chi connectivity index (χ3n) is 3.52. The van der Waals surface area contributed by atoms with Crippen molar-refractivity contribution in [1.29, 1.82) is 0 Å². The molecule has 0 fully saturated rings. The van der Waals surface area contributed by atoms with Gasteiger partial charge in [-0.3, -0.25) is 4.79 Å². The van der Waals surface area contributed by atoms with Crippen molar-refractivity contribution in [2.24, 2.45) is 0 Å². The van der Waals surface area contributed by atoms with E-state index in [9.17, 15) is 4.79 Å². The molecule has 0 aliphatic rings. The molecule has 1 atom stereocenters. The summed E-state index contributed by atoms with van der Waals surface area (Å²) >= 11 is 0. The van der Waals surface area contributed by atoms with Gasteiger partial charge in [0.25, 0.3) is 5.91 Å². The molecule has 4 nitrogen and oxygen atoms in total. The number of carbonyl (C=O) groups is 1. The minimum atomic E-state index is -0.586. The Bertz CT molecular complexity index is 695. The lowest BCUT2D eigenvalue weighted by molar-refractivity contribution is -0.122. The van der Waals surface area contributed by atoms with Gasteiger partial charge in [0.05, 0.1) is 0 Å². The first-order valence-corrected chi connectivity index (χ1v) is 7.27. The molecule has 0 heterocycles. The number of hydrogen-bond acceptors (Lipinski definition) is 3. The van der Waals surface area contributed by atoms with Crippen molar-refractivity contribution in [3.8, 4) is 5.75 Å². The molecule has 22 heavy (non-hydrogen) atoms. The van der Waals surface area contributed by atoms with Crippen LogP contribution in [0, 0.1) is 20.8 Å². The first-order chi connectivity index (χ1) is 10.4. The van der Waals surface area contributed by atoms with Crippen LogP contribution in [0.2, 0.25) is 0 Å². The summed E-state index contributed by atoms with van der Waals surface area (Å²) in [6.45, 7) is 7.60. The zero-order valence-corrected chi connectivity index (χ0v) is 13.4. The van der Waals surface area contributed by atoms with Crippen LogP contribution in [-0.4, -0.2) is 12.0 Å². The van der Waals surface area contributed by atoms with Crippen LogP contribution in [0.3, 0.4) is 0 Å². The zero-order chi connectivity index (χ0) is 16.3. The summed E-state index contributed by atoms with van der Waals surface area (Å²) in [6, 6.07) is 11.3. The average Bonchev–Trinajstić information content (AvgIpc) is 2.45. The molecule has 0 spiro atoms. The van der Waals surface area contributed by atoms with Gasteiger partial charge >= 0.3 is 0 Å². The van der Waals surface area contributed by atoms with E-state index in [0.717, 1.165) is 28.1 Å². The van der Waals surface area contributed by atoms with Crippen LogP contribution in [-0.2, 0) is 4.79 Å². The molecule has 2 aromatic rings. The maximum atomic E-state index is 12.3. The number of amides is 1. The van der Waals surface area contributed by atoms with Gasteiger partial charge in [0, 0.05) is 11.4 Å². The van der Waals surface area contributed by atoms with E-state index in [1.165, 1.54) is 0 Å². The number of carbonyl (C=O) groups excluding carboxylic acids is 1. The average molecular weight is 298 g/mol. The molecule has 0 saturated carbocycles. The minimum absolute atomic E-state index is 0.186. The van der Waals surface area contributed by atoms with E-state index in [1.807, 2.05) is 45.0 Å². The Labute approximate surface area is 131 Å². The van der Waals surface area contributed by atoms with Gasteiger partial charge < -0.3 is 15.8 Å². The van der Waals surface area contributed by atoms with Crippen LogP contribution in [0.25, 0.3) is 0 Å². The second kappa shape index (κ2) is 6.52. The molecule has 3 N–H and O–H groups in total. The highest BCUT2D eigenvalue weighted by Gasteiger charge is 2.16. The van der Waals surface area contributed by atoms with Crippen molar-refractivity contribution in [2.75, 3.05) is 11.1 Å². The fourth-order valence-corrected chi connectivity index (χ4v) is 2.14. The van der Waals surface area contributed by atoms with E-state index < -0.39 is 6.10 Å². The number of anilines is 2. The van der Waals surface area contributed by atoms with Crippen molar-refractivity contribution in [1.82, 2.24) is 0 Å². The SMILES string of the molecule is Cc1ccc(C)c(OC(C)C(=O)Nc2ccc(N)cc2C)c1. The molecule has 4 heteroatoms. The second-order valence-corrected chi connectivity index (χ2v) is 5.59.